The molecule has 0 amide bonds. The third-order valence-electron chi connectivity index (χ3n) is 4.79. The van der Waals surface area contributed by atoms with Gasteiger partial charge in [-0.3, -0.25) is 0 Å². The molecule has 2 aromatic carbocycles. The fourth-order valence-corrected chi connectivity index (χ4v) is 4.12. The fourth-order valence-electron chi connectivity index (χ4n) is 3.17. The van der Waals surface area contributed by atoms with Crippen LogP contribution in [0.5, 0.6) is 0 Å². The Morgan fingerprint density at radius 1 is 1.04 bits per heavy atom. The van der Waals surface area contributed by atoms with Crippen molar-refractivity contribution in [3.8, 4) is 11.3 Å². The summed E-state index contributed by atoms with van der Waals surface area (Å²) in [5, 5.41) is 5.60. The van der Waals surface area contributed by atoms with Gasteiger partial charge in [-0.1, -0.05) is 35.0 Å². The molecule has 0 N–H and O–H groups in total. The van der Waals surface area contributed by atoms with Gasteiger partial charge >= 0.3 is 0 Å². The van der Waals surface area contributed by atoms with Crippen molar-refractivity contribution in [3.63, 3.8) is 0 Å². The van der Waals surface area contributed by atoms with E-state index in [2.05, 4.69) is 85.2 Å². The summed E-state index contributed by atoms with van der Waals surface area (Å²) in [5.41, 5.74) is 5.75. The second kappa shape index (κ2) is 7.04. The van der Waals surface area contributed by atoms with E-state index < -0.39 is 0 Å². The van der Waals surface area contributed by atoms with E-state index in [4.69, 9.17) is 4.52 Å². The van der Waals surface area contributed by atoms with Gasteiger partial charge in [0, 0.05) is 45.4 Å². The monoisotopic (exact) mass is 362 g/mol. The van der Waals surface area contributed by atoms with Gasteiger partial charge in [-0.25, -0.2) is 0 Å². The molecule has 132 valence electrons. The SMILES string of the molecule is CCn1ccc2cc(SCc3noc(-c4ccc(C)cc4)c3C)ccc21. The molecule has 0 fully saturated rings. The Labute approximate surface area is 158 Å². The van der Waals surface area contributed by atoms with E-state index in [1.165, 1.54) is 21.4 Å². The van der Waals surface area contributed by atoms with E-state index in [1.807, 2.05) is 0 Å². The van der Waals surface area contributed by atoms with Crippen molar-refractivity contribution in [1.29, 1.82) is 0 Å². The lowest BCUT2D eigenvalue weighted by Gasteiger charge is -2.03. The third kappa shape index (κ3) is 3.17. The highest BCUT2D eigenvalue weighted by Gasteiger charge is 2.14. The van der Waals surface area contributed by atoms with Crippen LogP contribution in [-0.2, 0) is 12.3 Å². The summed E-state index contributed by atoms with van der Waals surface area (Å²) in [4.78, 5) is 1.26. The van der Waals surface area contributed by atoms with Gasteiger partial charge in [0.05, 0.1) is 5.69 Å². The molecule has 0 aliphatic carbocycles. The summed E-state index contributed by atoms with van der Waals surface area (Å²) >= 11 is 1.80. The molecular weight excluding hydrogens is 340 g/mol. The topological polar surface area (TPSA) is 31.0 Å². The summed E-state index contributed by atoms with van der Waals surface area (Å²) in [6.45, 7) is 7.34. The van der Waals surface area contributed by atoms with Gasteiger partial charge in [0.1, 0.15) is 0 Å². The van der Waals surface area contributed by atoms with Crippen LogP contribution in [0.1, 0.15) is 23.7 Å². The zero-order valence-corrected chi connectivity index (χ0v) is 16.1. The molecule has 2 aromatic heterocycles. The second-order valence-electron chi connectivity index (χ2n) is 6.56. The average molecular weight is 362 g/mol. The number of aryl methyl sites for hydroxylation is 2. The minimum absolute atomic E-state index is 0.807. The van der Waals surface area contributed by atoms with Crippen LogP contribution in [0.25, 0.3) is 22.2 Å². The number of benzene rings is 2. The average Bonchev–Trinajstić information content (AvgIpc) is 3.23. The van der Waals surface area contributed by atoms with E-state index in [-0.39, 0.29) is 0 Å². The number of hydrogen-bond donors (Lipinski definition) is 0. The maximum atomic E-state index is 5.63. The maximum absolute atomic E-state index is 5.63. The molecule has 0 spiro atoms. The Bertz CT molecular complexity index is 1040. The minimum atomic E-state index is 0.807. The predicted octanol–water partition coefficient (Wildman–Crippen LogP) is 6.23. The summed E-state index contributed by atoms with van der Waals surface area (Å²) in [6, 6.07) is 17.2. The van der Waals surface area contributed by atoms with Crippen LogP contribution in [-0.4, -0.2) is 9.72 Å². The molecule has 0 aliphatic rings. The highest BCUT2D eigenvalue weighted by atomic mass is 32.2. The van der Waals surface area contributed by atoms with Crippen molar-refractivity contribution < 1.29 is 4.52 Å². The predicted molar refractivity (Wildman–Crippen MR) is 109 cm³/mol. The summed E-state index contributed by atoms with van der Waals surface area (Å²) in [5.74, 6) is 1.68. The van der Waals surface area contributed by atoms with Crippen LogP contribution in [0.3, 0.4) is 0 Å². The molecule has 4 rings (SSSR count). The van der Waals surface area contributed by atoms with Crippen LogP contribution >= 0.6 is 11.8 Å². The van der Waals surface area contributed by atoms with Gasteiger partial charge < -0.3 is 9.09 Å². The minimum Gasteiger partial charge on any atom is -0.356 e. The Balaban J connectivity index is 1.52. The smallest absolute Gasteiger partial charge is 0.170 e. The number of nitrogens with zero attached hydrogens (tertiary/aromatic N) is 2. The van der Waals surface area contributed by atoms with E-state index >= 15 is 0 Å². The highest BCUT2D eigenvalue weighted by Crippen LogP contribution is 2.31. The Morgan fingerprint density at radius 3 is 2.62 bits per heavy atom. The van der Waals surface area contributed by atoms with Crippen LogP contribution in [0.2, 0.25) is 0 Å². The number of fused-ring (bicyclic) bond motifs is 1. The fraction of sp³-hybridized carbons (Fsp3) is 0.227. The number of rotatable bonds is 5. The summed E-state index contributed by atoms with van der Waals surface area (Å²) in [7, 11) is 0. The van der Waals surface area contributed by atoms with Gasteiger partial charge in [0.15, 0.2) is 5.76 Å². The van der Waals surface area contributed by atoms with Crippen molar-refractivity contribution in [2.75, 3.05) is 0 Å². The molecule has 0 radical (unpaired) electrons. The van der Waals surface area contributed by atoms with Crippen molar-refractivity contribution in [2.45, 2.75) is 38.0 Å². The molecule has 0 saturated heterocycles. The molecular formula is C22H22N2OS. The van der Waals surface area contributed by atoms with Crippen LogP contribution in [0.4, 0.5) is 0 Å². The Kier molecular flexibility index (Phi) is 4.60. The summed E-state index contributed by atoms with van der Waals surface area (Å²) in [6.07, 6.45) is 2.15. The largest absolute Gasteiger partial charge is 0.356 e. The molecule has 0 bridgehead atoms. The molecule has 3 nitrogen and oxygen atoms in total. The number of hydrogen-bond acceptors (Lipinski definition) is 3. The lowest BCUT2D eigenvalue weighted by molar-refractivity contribution is 0.426. The lowest BCUT2D eigenvalue weighted by Crippen LogP contribution is -1.90. The van der Waals surface area contributed by atoms with Crippen LogP contribution in [0.15, 0.2) is 64.1 Å². The molecule has 0 unspecified atom stereocenters. The molecule has 4 aromatic rings. The summed E-state index contributed by atoms with van der Waals surface area (Å²) < 4.78 is 7.89. The first-order valence-electron chi connectivity index (χ1n) is 8.89. The number of thioether (sulfide) groups is 1. The van der Waals surface area contributed by atoms with Crippen LogP contribution in [0, 0.1) is 13.8 Å². The first-order chi connectivity index (χ1) is 12.7. The first-order valence-corrected chi connectivity index (χ1v) is 9.88. The molecule has 0 saturated carbocycles. The van der Waals surface area contributed by atoms with Crippen molar-refractivity contribution in [1.82, 2.24) is 9.72 Å². The van der Waals surface area contributed by atoms with Crippen molar-refractivity contribution in [2.24, 2.45) is 0 Å². The van der Waals surface area contributed by atoms with Crippen molar-refractivity contribution >= 4 is 22.7 Å². The van der Waals surface area contributed by atoms with E-state index in [9.17, 15) is 0 Å². The van der Waals surface area contributed by atoms with Gasteiger partial charge in [-0.15, -0.1) is 11.8 Å². The first kappa shape index (κ1) is 17.0. The molecule has 0 atom stereocenters. The van der Waals surface area contributed by atoms with Gasteiger partial charge in [0.25, 0.3) is 0 Å². The maximum Gasteiger partial charge on any atom is 0.170 e. The van der Waals surface area contributed by atoms with Crippen molar-refractivity contribution in [3.05, 3.63) is 71.5 Å². The normalized spacial score (nSPS) is 11.3. The quantitative estimate of drug-likeness (QED) is 0.395. The van der Waals surface area contributed by atoms with E-state index in [0.29, 0.717) is 0 Å². The highest BCUT2D eigenvalue weighted by molar-refractivity contribution is 7.98. The van der Waals surface area contributed by atoms with Gasteiger partial charge in [0.2, 0.25) is 0 Å². The van der Waals surface area contributed by atoms with Crippen LogP contribution < -0.4 is 0 Å². The van der Waals surface area contributed by atoms with Gasteiger partial charge in [-0.2, -0.15) is 0 Å². The molecule has 4 heteroatoms. The lowest BCUT2D eigenvalue weighted by atomic mass is 10.1. The Hall–Kier alpha value is -2.46. The second-order valence-corrected chi connectivity index (χ2v) is 7.61. The molecule has 26 heavy (non-hydrogen) atoms. The standard InChI is InChI=1S/C22H22N2OS/c1-4-24-12-11-18-13-19(9-10-21(18)24)26-14-20-16(3)22(25-23-20)17-7-5-15(2)6-8-17/h5-13H,4,14H2,1-3H3. The van der Waals surface area contributed by atoms with E-state index in [0.717, 1.165) is 34.9 Å². The number of aromatic nitrogens is 2. The molecule has 2 heterocycles. The Morgan fingerprint density at radius 2 is 1.85 bits per heavy atom. The van der Waals surface area contributed by atoms with Gasteiger partial charge in [-0.05, 0) is 45.0 Å². The third-order valence-corrected chi connectivity index (χ3v) is 5.80. The zero-order valence-electron chi connectivity index (χ0n) is 15.3. The zero-order chi connectivity index (χ0) is 18.1. The molecule has 0 aliphatic heterocycles. The van der Waals surface area contributed by atoms with E-state index in [1.54, 1.807) is 11.8 Å².